The molecule has 1 saturated carbocycles. The lowest BCUT2D eigenvalue weighted by molar-refractivity contribution is 0.0945. The van der Waals surface area contributed by atoms with E-state index in [-0.39, 0.29) is 11.0 Å². The summed E-state index contributed by atoms with van der Waals surface area (Å²) < 4.78 is 26.3. The van der Waals surface area contributed by atoms with Gasteiger partial charge in [0.2, 0.25) is 0 Å². The number of carbonyl (C=O) groups is 1. The zero-order chi connectivity index (χ0) is 14.2. The Morgan fingerprint density at radius 3 is 2.70 bits per heavy atom. The minimum atomic E-state index is -0.830. The highest BCUT2D eigenvalue weighted by Crippen LogP contribution is 2.49. The molecule has 0 unspecified atom stereocenters. The van der Waals surface area contributed by atoms with Gasteiger partial charge in [-0.2, -0.15) is 0 Å². The number of hydrogen-bond donors (Lipinski definition) is 1. The lowest BCUT2D eigenvalue weighted by Gasteiger charge is -2.14. The van der Waals surface area contributed by atoms with Crippen molar-refractivity contribution < 1.29 is 13.6 Å². The predicted molar refractivity (Wildman–Crippen MR) is 73.9 cm³/mol. The van der Waals surface area contributed by atoms with Gasteiger partial charge in [-0.05, 0) is 36.4 Å². The molecule has 1 heterocycles. The van der Waals surface area contributed by atoms with E-state index in [9.17, 15) is 13.6 Å². The summed E-state index contributed by atoms with van der Waals surface area (Å²) in [6.45, 7) is 0.489. The summed E-state index contributed by atoms with van der Waals surface area (Å²) in [4.78, 5) is 13.2. The molecular weight excluding hydrogens is 280 g/mol. The molecule has 104 valence electrons. The maximum atomic E-state index is 13.5. The maximum absolute atomic E-state index is 13.5. The van der Waals surface area contributed by atoms with Gasteiger partial charge in [-0.25, -0.2) is 8.78 Å². The fourth-order valence-corrected chi connectivity index (χ4v) is 3.25. The van der Waals surface area contributed by atoms with Crippen molar-refractivity contribution in [3.63, 3.8) is 0 Å². The van der Waals surface area contributed by atoms with E-state index in [2.05, 4.69) is 11.4 Å². The van der Waals surface area contributed by atoms with Gasteiger partial charge >= 0.3 is 0 Å². The number of thiophene rings is 1. The lowest BCUT2D eigenvalue weighted by atomic mass is 10.1. The topological polar surface area (TPSA) is 29.1 Å². The van der Waals surface area contributed by atoms with Crippen molar-refractivity contribution in [1.29, 1.82) is 0 Å². The second kappa shape index (κ2) is 4.98. The number of amides is 1. The van der Waals surface area contributed by atoms with Crippen LogP contribution in [0.5, 0.6) is 0 Å². The Kier molecular flexibility index (Phi) is 3.30. The summed E-state index contributed by atoms with van der Waals surface area (Å²) in [6, 6.07) is 7.03. The Bertz CT molecular complexity index is 635. The quantitative estimate of drug-likeness (QED) is 0.918. The van der Waals surface area contributed by atoms with E-state index in [0.717, 1.165) is 25.0 Å². The number of hydrogen-bond acceptors (Lipinski definition) is 2. The molecule has 1 aliphatic rings. The Morgan fingerprint density at radius 1 is 1.30 bits per heavy atom. The van der Waals surface area contributed by atoms with E-state index in [0.29, 0.717) is 6.54 Å². The first-order valence-corrected chi connectivity index (χ1v) is 7.26. The summed E-state index contributed by atoms with van der Waals surface area (Å²) in [5.74, 6) is -2.01. The van der Waals surface area contributed by atoms with Crippen molar-refractivity contribution in [1.82, 2.24) is 5.32 Å². The average molecular weight is 293 g/mol. The zero-order valence-electron chi connectivity index (χ0n) is 10.7. The Labute approximate surface area is 119 Å². The van der Waals surface area contributed by atoms with Gasteiger partial charge in [-0.1, -0.05) is 6.07 Å². The lowest BCUT2D eigenvalue weighted by Crippen LogP contribution is -2.32. The van der Waals surface area contributed by atoms with E-state index in [1.165, 1.54) is 10.9 Å². The first kappa shape index (κ1) is 13.2. The number of carbonyl (C=O) groups excluding carboxylic acids is 1. The van der Waals surface area contributed by atoms with E-state index in [1.54, 1.807) is 11.3 Å². The molecule has 0 saturated heterocycles. The molecule has 2 nitrogen and oxygen atoms in total. The van der Waals surface area contributed by atoms with Crippen LogP contribution in [0.15, 0.2) is 35.7 Å². The van der Waals surface area contributed by atoms with Gasteiger partial charge in [0.25, 0.3) is 5.91 Å². The van der Waals surface area contributed by atoms with Crippen LogP contribution < -0.4 is 5.32 Å². The number of rotatable bonds is 4. The van der Waals surface area contributed by atoms with Crippen molar-refractivity contribution in [3.8, 4) is 0 Å². The highest BCUT2D eigenvalue weighted by molar-refractivity contribution is 7.10. The standard InChI is InChI=1S/C15H13F2NOS/c16-10-3-4-11(12(17)8-10)14(19)18-9-15(5-6-15)13-2-1-7-20-13/h1-4,7-8H,5-6,9H2,(H,18,19). The second-order valence-electron chi connectivity index (χ2n) is 5.06. The molecule has 0 spiro atoms. The second-order valence-corrected chi connectivity index (χ2v) is 6.01. The normalized spacial score (nSPS) is 15.9. The Hall–Kier alpha value is -1.75. The van der Waals surface area contributed by atoms with Crippen LogP contribution in [0.3, 0.4) is 0 Å². The van der Waals surface area contributed by atoms with Crippen molar-refractivity contribution in [2.24, 2.45) is 0 Å². The summed E-state index contributed by atoms with van der Waals surface area (Å²) in [7, 11) is 0. The van der Waals surface area contributed by atoms with E-state index in [1.807, 2.05) is 11.4 Å². The van der Waals surface area contributed by atoms with E-state index in [4.69, 9.17) is 0 Å². The summed E-state index contributed by atoms with van der Waals surface area (Å²) in [5.41, 5.74) is -0.103. The molecule has 5 heteroatoms. The highest BCUT2D eigenvalue weighted by atomic mass is 32.1. The van der Waals surface area contributed by atoms with Crippen LogP contribution in [-0.4, -0.2) is 12.5 Å². The zero-order valence-corrected chi connectivity index (χ0v) is 11.5. The number of halogens is 2. The van der Waals surface area contributed by atoms with Crippen LogP contribution in [0.25, 0.3) is 0 Å². The van der Waals surface area contributed by atoms with Crippen molar-refractivity contribution in [3.05, 3.63) is 57.8 Å². The molecule has 0 atom stereocenters. The molecule has 0 aliphatic heterocycles. The Balaban J connectivity index is 1.68. The minimum Gasteiger partial charge on any atom is -0.351 e. The van der Waals surface area contributed by atoms with Gasteiger partial charge < -0.3 is 5.32 Å². The molecule has 1 amide bonds. The monoisotopic (exact) mass is 293 g/mol. The molecule has 2 aromatic rings. The van der Waals surface area contributed by atoms with Crippen LogP contribution in [0.4, 0.5) is 8.78 Å². The number of nitrogens with one attached hydrogen (secondary N) is 1. The van der Waals surface area contributed by atoms with Crippen LogP contribution >= 0.6 is 11.3 Å². The number of benzene rings is 1. The third kappa shape index (κ3) is 2.45. The van der Waals surface area contributed by atoms with Crippen molar-refractivity contribution >= 4 is 17.2 Å². The fraction of sp³-hybridized carbons (Fsp3) is 0.267. The van der Waals surface area contributed by atoms with Crippen LogP contribution in [0.2, 0.25) is 0 Å². The molecule has 0 radical (unpaired) electrons. The molecule has 20 heavy (non-hydrogen) atoms. The first-order chi connectivity index (χ1) is 9.61. The van der Waals surface area contributed by atoms with Crippen LogP contribution in [0.1, 0.15) is 28.1 Å². The van der Waals surface area contributed by atoms with Gasteiger partial charge in [0.05, 0.1) is 5.56 Å². The van der Waals surface area contributed by atoms with Crippen molar-refractivity contribution in [2.45, 2.75) is 18.3 Å². The van der Waals surface area contributed by atoms with Crippen molar-refractivity contribution in [2.75, 3.05) is 6.54 Å². The van der Waals surface area contributed by atoms with Gasteiger partial charge in [0.1, 0.15) is 11.6 Å². The molecule has 1 aliphatic carbocycles. The van der Waals surface area contributed by atoms with Crippen LogP contribution in [-0.2, 0) is 5.41 Å². The fourth-order valence-electron chi connectivity index (χ4n) is 2.26. The largest absolute Gasteiger partial charge is 0.351 e. The summed E-state index contributed by atoms with van der Waals surface area (Å²) >= 11 is 1.67. The maximum Gasteiger partial charge on any atom is 0.254 e. The van der Waals surface area contributed by atoms with Crippen LogP contribution in [0, 0.1) is 11.6 Å². The van der Waals surface area contributed by atoms with Gasteiger partial charge in [0, 0.05) is 22.9 Å². The average Bonchev–Trinajstić information content (AvgIpc) is 2.99. The van der Waals surface area contributed by atoms with Gasteiger partial charge in [0.15, 0.2) is 0 Å². The molecule has 3 rings (SSSR count). The molecular formula is C15H13F2NOS. The third-order valence-corrected chi connectivity index (χ3v) is 4.78. The smallest absolute Gasteiger partial charge is 0.254 e. The summed E-state index contributed by atoms with van der Waals surface area (Å²) in [5, 5.41) is 4.77. The van der Waals surface area contributed by atoms with Gasteiger partial charge in [-0.15, -0.1) is 11.3 Å². The SMILES string of the molecule is O=C(NCC1(c2cccs2)CC1)c1ccc(F)cc1F. The van der Waals surface area contributed by atoms with E-state index >= 15 is 0 Å². The Morgan fingerprint density at radius 2 is 2.10 bits per heavy atom. The highest BCUT2D eigenvalue weighted by Gasteiger charge is 2.45. The molecule has 1 fully saturated rings. The predicted octanol–water partition coefficient (Wildman–Crippen LogP) is 3.49. The van der Waals surface area contributed by atoms with Gasteiger partial charge in [-0.3, -0.25) is 4.79 Å². The minimum absolute atomic E-state index is 0.0142. The summed E-state index contributed by atoms with van der Waals surface area (Å²) in [6.07, 6.45) is 2.05. The van der Waals surface area contributed by atoms with E-state index < -0.39 is 17.5 Å². The third-order valence-electron chi connectivity index (χ3n) is 3.66. The molecule has 1 aromatic carbocycles. The molecule has 0 bridgehead atoms. The molecule has 1 N–H and O–H groups in total. The molecule has 1 aromatic heterocycles. The first-order valence-electron chi connectivity index (χ1n) is 6.38.